The lowest BCUT2D eigenvalue weighted by atomic mass is 10.2. The van der Waals surface area contributed by atoms with Crippen LogP contribution in [0, 0.1) is 12.7 Å². The highest BCUT2D eigenvalue weighted by Crippen LogP contribution is 2.35. The maximum atomic E-state index is 13.2. The number of carbonyl (C=O) groups excluding carboxylic acids is 1. The first-order valence-corrected chi connectivity index (χ1v) is 7.58. The number of rotatable bonds is 3. The number of anilines is 2. The Morgan fingerprint density at radius 2 is 2.09 bits per heavy atom. The molecule has 2 aromatic carbocycles. The lowest BCUT2D eigenvalue weighted by Gasteiger charge is -2.26. The summed E-state index contributed by atoms with van der Waals surface area (Å²) in [5, 5.41) is 0. The van der Waals surface area contributed by atoms with Crippen LogP contribution in [0.1, 0.15) is 5.56 Å². The van der Waals surface area contributed by atoms with Gasteiger partial charge in [-0.15, -0.1) is 0 Å². The van der Waals surface area contributed by atoms with Crippen molar-refractivity contribution in [2.45, 2.75) is 11.8 Å². The van der Waals surface area contributed by atoms with E-state index in [4.69, 9.17) is 4.74 Å². The molecule has 1 heterocycles. The van der Waals surface area contributed by atoms with Gasteiger partial charge in [0, 0.05) is 17.6 Å². The number of carbonyl (C=O) groups is 1. The van der Waals surface area contributed by atoms with Crippen LogP contribution in [0.15, 0.2) is 41.3 Å². The van der Waals surface area contributed by atoms with Crippen molar-refractivity contribution >= 4 is 29.2 Å². The van der Waals surface area contributed by atoms with Crippen LogP contribution in [0.25, 0.3) is 0 Å². The lowest BCUT2D eigenvalue weighted by Crippen LogP contribution is -2.35. The molecule has 0 fully saturated rings. The van der Waals surface area contributed by atoms with Crippen LogP contribution in [0.5, 0.6) is 5.75 Å². The highest BCUT2D eigenvalue weighted by Gasteiger charge is 2.22. The van der Waals surface area contributed by atoms with E-state index in [0.717, 1.165) is 16.3 Å². The molecule has 1 amide bonds. The SMILES string of the molecule is Cc1cc(NSc2ccc3c(c2)N(C)C(=O)CO3)ccc1F. The number of nitrogens with one attached hydrogen (secondary N) is 1. The Morgan fingerprint density at radius 3 is 2.86 bits per heavy atom. The quantitative estimate of drug-likeness (QED) is 0.878. The molecule has 0 saturated heterocycles. The smallest absolute Gasteiger partial charge is 0.264 e. The Morgan fingerprint density at radius 1 is 1.27 bits per heavy atom. The molecule has 0 aromatic heterocycles. The van der Waals surface area contributed by atoms with Crippen LogP contribution in [0.4, 0.5) is 15.8 Å². The molecule has 1 N–H and O–H groups in total. The lowest BCUT2D eigenvalue weighted by molar-refractivity contribution is -0.120. The van der Waals surface area contributed by atoms with Crippen molar-refractivity contribution in [1.29, 1.82) is 0 Å². The van der Waals surface area contributed by atoms with E-state index in [1.54, 1.807) is 31.0 Å². The Balaban J connectivity index is 1.76. The van der Waals surface area contributed by atoms with Gasteiger partial charge in [0.1, 0.15) is 11.6 Å². The van der Waals surface area contributed by atoms with Gasteiger partial charge in [-0.05, 0) is 60.8 Å². The normalized spacial score (nSPS) is 13.6. The first-order chi connectivity index (χ1) is 10.5. The summed E-state index contributed by atoms with van der Waals surface area (Å²) in [6.45, 7) is 1.80. The van der Waals surface area contributed by atoms with E-state index >= 15 is 0 Å². The summed E-state index contributed by atoms with van der Waals surface area (Å²) >= 11 is 1.40. The molecule has 4 nitrogen and oxygen atoms in total. The van der Waals surface area contributed by atoms with Gasteiger partial charge in [0.2, 0.25) is 0 Å². The molecule has 3 rings (SSSR count). The largest absolute Gasteiger partial charge is 0.482 e. The number of nitrogens with zero attached hydrogens (tertiary/aromatic N) is 1. The van der Waals surface area contributed by atoms with Crippen LogP contribution >= 0.6 is 11.9 Å². The molecule has 0 atom stereocenters. The number of aryl methyl sites for hydroxylation is 1. The van der Waals surface area contributed by atoms with Gasteiger partial charge in [-0.2, -0.15) is 0 Å². The molecule has 0 spiro atoms. The molecule has 1 aliphatic heterocycles. The molecular formula is C16H15FN2O2S. The molecule has 0 bridgehead atoms. The maximum absolute atomic E-state index is 13.2. The monoisotopic (exact) mass is 318 g/mol. The van der Waals surface area contributed by atoms with Gasteiger partial charge in [0.15, 0.2) is 6.61 Å². The van der Waals surface area contributed by atoms with Gasteiger partial charge in [-0.1, -0.05) is 0 Å². The van der Waals surface area contributed by atoms with E-state index in [1.807, 2.05) is 18.2 Å². The summed E-state index contributed by atoms with van der Waals surface area (Å²) in [6, 6.07) is 10.5. The zero-order valence-electron chi connectivity index (χ0n) is 12.2. The van der Waals surface area contributed by atoms with Crippen LogP contribution in [0.3, 0.4) is 0 Å². The van der Waals surface area contributed by atoms with E-state index in [1.165, 1.54) is 18.0 Å². The Bertz CT molecular complexity index is 736. The van der Waals surface area contributed by atoms with Crippen LogP contribution in [0.2, 0.25) is 0 Å². The summed E-state index contributed by atoms with van der Waals surface area (Å²) in [5.74, 6) is 0.405. The molecule has 0 unspecified atom stereocenters. The number of hydrogen-bond acceptors (Lipinski definition) is 4. The fraction of sp³-hybridized carbons (Fsp3) is 0.188. The van der Waals surface area contributed by atoms with E-state index in [9.17, 15) is 9.18 Å². The van der Waals surface area contributed by atoms with Crippen LogP contribution < -0.4 is 14.4 Å². The van der Waals surface area contributed by atoms with Gasteiger partial charge in [0.05, 0.1) is 5.69 Å². The second-order valence-electron chi connectivity index (χ2n) is 5.04. The van der Waals surface area contributed by atoms with Gasteiger partial charge in [-0.25, -0.2) is 4.39 Å². The minimum Gasteiger partial charge on any atom is -0.482 e. The van der Waals surface area contributed by atoms with Crippen molar-refractivity contribution in [2.75, 3.05) is 23.3 Å². The molecule has 0 radical (unpaired) electrons. The average Bonchev–Trinajstić information content (AvgIpc) is 2.52. The highest BCUT2D eigenvalue weighted by molar-refractivity contribution is 8.00. The van der Waals surface area contributed by atoms with Crippen molar-refractivity contribution < 1.29 is 13.9 Å². The molecule has 22 heavy (non-hydrogen) atoms. The number of likely N-dealkylation sites (N-methyl/N-ethyl adjacent to an activating group) is 1. The molecule has 2 aromatic rings. The van der Waals surface area contributed by atoms with Crippen LogP contribution in [-0.4, -0.2) is 19.6 Å². The second kappa shape index (κ2) is 5.88. The highest BCUT2D eigenvalue weighted by atomic mass is 32.2. The molecule has 0 aliphatic carbocycles. The number of ether oxygens (including phenoxy) is 1. The third kappa shape index (κ3) is 2.87. The maximum Gasteiger partial charge on any atom is 0.264 e. The molecule has 0 saturated carbocycles. The van der Waals surface area contributed by atoms with Gasteiger partial charge in [0.25, 0.3) is 5.91 Å². The third-order valence-corrected chi connectivity index (χ3v) is 4.29. The topological polar surface area (TPSA) is 41.6 Å². The summed E-state index contributed by atoms with van der Waals surface area (Å²) in [7, 11) is 1.73. The predicted octanol–water partition coefficient (Wildman–Crippen LogP) is 3.61. The molecular weight excluding hydrogens is 303 g/mol. The van der Waals surface area contributed by atoms with E-state index < -0.39 is 0 Å². The fourth-order valence-electron chi connectivity index (χ4n) is 2.14. The number of halogens is 1. The molecule has 6 heteroatoms. The van der Waals surface area contributed by atoms with E-state index in [-0.39, 0.29) is 18.3 Å². The Hall–Kier alpha value is -2.21. The minimum absolute atomic E-state index is 0.0724. The summed E-state index contributed by atoms with van der Waals surface area (Å²) in [4.78, 5) is 14.2. The van der Waals surface area contributed by atoms with E-state index in [2.05, 4.69) is 4.72 Å². The first-order valence-electron chi connectivity index (χ1n) is 6.77. The number of hydrogen-bond donors (Lipinski definition) is 1. The number of fused-ring (bicyclic) bond motifs is 1. The Labute approximate surface area is 132 Å². The number of benzene rings is 2. The zero-order chi connectivity index (χ0) is 15.7. The average molecular weight is 318 g/mol. The predicted molar refractivity (Wildman–Crippen MR) is 86.0 cm³/mol. The molecule has 114 valence electrons. The van der Waals surface area contributed by atoms with Crippen molar-refractivity contribution in [3.05, 3.63) is 47.8 Å². The Kier molecular flexibility index (Phi) is 3.94. The van der Waals surface area contributed by atoms with Crippen molar-refractivity contribution in [3.63, 3.8) is 0 Å². The number of amides is 1. The second-order valence-corrected chi connectivity index (χ2v) is 5.92. The summed E-state index contributed by atoms with van der Waals surface area (Å²) in [6.07, 6.45) is 0. The van der Waals surface area contributed by atoms with Crippen molar-refractivity contribution in [3.8, 4) is 5.75 Å². The third-order valence-electron chi connectivity index (χ3n) is 3.46. The standard InChI is InChI=1S/C16H15FN2O2S/c1-10-7-11(3-5-13(10)17)18-22-12-4-6-15-14(8-12)19(2)16(20)9-21-15/h3-8,18H,9H2,1-2H3. The molecule has 1 aliphatic rings. The zero-order valence-corrected chi connectivity index (χ0v) is 13.0. The van der Waals surface area contributed by atoms with Crippen LogP contribution in [-0.2, 0) is 4.79 Å². The van der Waals surface area contributed by atoms with Gasteiger partial charge < -0.3 is 14.4 Å². The van der Waals surface area contributed by atoms with Gasteiger partial charge in [-0.3, -0.25) is 4.79 Å². The summed E-state index contributed by atoms with van der Waals surface area (Å²) in [5.41, 5.74) is 2.16. The van der Waals surface area contributed by atoms with Crippen molar-refractivity contribution in [2.24, 2.45) is 0 Å². The van der Waals surface area contributed by atoms with Gasteiger partial charge >= 0.3 is 0 Å². The van der Waals surface area contributed by atoms with Crippen molar-refractivity contribution in [1.82, 2.24) is 0 Å². The summed E-state index contributed by atoms with van der Waals surface area (Å²) < 4.78 is 21.8. The first kappa shape index (κ1) is 14.7. The van der Waals surface area contributed by atoms with E-state index in [0.29, 0.717) is 11.3 Å². The minimum atomic E-state index is -0.221. The fourth-order valence-corrected chi connectivity index (χ4v) is 2.81.